The van der Waals surface area contributed by atoms with Gasteiger partial charge in [-0.2, -0.15) is 0 Å². The van der Waals surface area contributed by atoms with Crippen LogP contribution in [0.1, 0.15) is 24.7 Å². The van der Waals surface area contributed by atoms with E-state index >= 15 is 0 Å². The highest BCUT2D eigenvalue weighted by atomic mass is 16.3. The molecule has 1 aliphatic rings. The molecule has 2 rings (SSSR count). The minimum atomic E-state index is 0.558. The molecule has 0 bridgehead atoms. The van der Waals surface area contributed by atoms with E-state index in [0.717, 1.165) is 37.4 Å². The van der Waals surface area contributed by atoms with Gasteiger partial charge in [0, 0.05) is 25.2 Å². The van der Waals surface area contributed by atoms with Crippen molar-refractivity contribution in [2.75, 3.05) is 13.1 Å². The molecule has 0 saturated heterocycles. The van der Waals surface area contributed by atoms with Crippen molar-refractivity contribution in [3.8, 4) is 0 Å². The molecule has 1 aliphatic heterocycles. The lowest BCUT2D eigenvalue weighted by Crippen LogP contribution is -2.28. The second-order valence-corrected chi connectivity index (χ2v) is 4.18. The maximum Gasteiger partial charge on any atom is 0.118 e. The largest absolute Gasteiger partial charge is 0.468 e. The van der Waals surface area contributed by atoms with E-state index in [1.165, 1.54) is 5.57 Å². The van der Waals surface area contributed by atoms with Crippen molar-refractivity contribution in [3.05, 3.63) is 35.3 Å². The van der Waals surface area contributed by atoms with E-state index in [0.29, 0.717) is 6.54 Å². The van der Waals surface area contributed by atoms with E-state index in [2.05, 4.69) is 17.9 Å². The minimum absolute atomic E-state index is 0.558. The Labute approximate surface area is 90.5 Å². The molecule has 1 aromatic rings. The Hall–Kier alpha value is -1.06. The molecule has 0 saturated carbocycles. The molecule has 0 fully saturated rings. The fraction of sp³-hybridized carbons (Fsp3) is 0.500. The first kappa shape index (κ1) is 10.5. The van der Waals surface area contributed by atoms with Gasteiger partial charge in [0.15, 0.2) is 0 Å². The van der Waals surface area contributed by atoms with Crippen molar-refractivity contribution < 1.29 is 4.42 Å². The zero-order chi connectivity index (χ0) is 10.7. The lowest BCUT2D eigenvalue weighted by Gasteiger charge is -2.24. The van der Waals surface area contributed by atoms with Gasteiger partial charge >= 0.3 is 0 Å². The van der Waals surface area contributed by atoms with Crippen LogP contribution < -0.4 is 5.73 Å². The molecule has 3 nitrogen and oxygen atoms in total. The molecule has 2 heterocycles. The Kier molecular flexibility index (Phi) is 3.23. The summed E-state index contributed by atoms with van der Waals surface area (Å²) in [5.41, 5.74) is 8.06. The standard InChI is InChI=1S/C12H18N2O/c1-10-3-2-4-14(7-10)8-12-5-11(6-13)9-15-12/h3,5,9H,2,4,6-8,13H2,1H3. The van der Waals surface area contributed by atoms with Gasteiger partial charge < -0.3 is 10.2 Å². The molecular formula is C12H18N2O. The van der Waals surface area contributed by atoms with Gasteiger partial charge in [-0.05, 0) is 19.4 Å². The molecule has 2 N–H and O–H groups in total. The Morgan fingerprint density at radius 2 is 2.40 bits per heavy atom. The van der Waals surface area contributed by atoms with Crippen molar-refractivity contribution >= 4 is 0 Å². The van der Waals surface area contributed by atoms with Crippen molar-refractivity contribution in [2.45, 2.75) is 26.4 Å². The first-order valence-electron chi connectivity index (χ1n) is 5.42. The van der Waals surface area contributed by atoms with Gasteiger partial charge in [0.2, 0.25) is 0 Å². The molecule has 0 aromatic carbocycles. The van der Waals surface area contributed by atoms with Gasteiger partial charge in [0.25, 0.3) is 0 Å². The van der Waals surface area contributed by atoms with Crippen LogP contribution in [0, 0.1) is 0 Å². The third-order valence-electron chi connectivity index (χ3n) is 2.73. The van der Waals surface area contributed by atoms with Crippen LogP contribution in [0.25, 0.3) is 0 Å². The van der Waals surface area contributed by atoms with Crippen LogP contribution in [0.15, 0.2) is 28.4 Å². The number of rotatable bonds is 3. The third-order valence-corrected chi connectivity index (χ3v) is 2.73. The van der Waals surface area contributed by atoms with Crippen LogP contribution in [0.5, 0.6) is 0 Å². The zero-order valence-corrected chi connectivity index (χ0v) is 9.20. The number of furan rings is 1. The molecule has 3 heteroatoms. The van der Waals surface area contributed by atoms with Crippen LogP contribution in [-0.2, 0) is 13.1 Å². The Morgan fingerprint density at radius 3 is 3.07 bits per heavy atom. The van der Waals surface area contributed by atoms with Crippen LogP contribution >= 0.6 is 0 Å². The van der Waals surface area contributed by atoms with Crippen molar-refractivity contribution in [1.29, 1.82) is 0 Å². The molecule has 0 atom stereocenters. The highest BCUT2D eigenvalue weighted by Gasteiger charge is 2.12. The van der Waals surface area contributed by atoms with E-state index in [9.17, 15) is 0 Å². The normalized spacial score (nSPS) is 17.9. The second kappa shape index (κ2) is 4.64. The topological polar surface area (TPSA) is 42.4 Å². The van der Waals surface area contributed by atoms with Crippen LogP contribution in [-0.4, -0.2) is 18.0 Å². The smallest absolute Gasteiger partial charge is 0.118 e. The second-order valence-electron chi connectivity index (χ2n) is 4.18. The summed E-state index contributed by atoms with van der Waals surface area (Å²) in [6.45, 7) is 5.81. The minimum Gasteiger partial charge on any atom is -0.468 e. The maximum atomic E-state index is 5.54. The Morgan fingerprint density at radius 1 is 1.53 bits per heavy atom. The summed E-state index contributed by atoms with van der Waals surface area (Å²) >= 11 is 0. The molecule has 82 valence electrons. The van der Waals surface area contributed by atoms with E-state index in [4.69, 9.17) is 10.2 Å². The lowest BCUT2D eigenvalue weighted by atomic mass is 10.1. The molecule has 1 aromatic heterocycles. The molecule has 15 heavy (non-hydrogen) atoms. The Bertz CT molecular complexity index is 354. The van der Waals surface area contributed by atoms with E-state index in [1.807, 2.05) is 6.07 Å². The van der Waals surface area contributed by atoms with Crippen LogP contribution in [0.4, 0.5) is 0 Å². The highest BCUT2D eigenvalue weighted by Crippen LogP contribution is 2.14. The van der Waals surface area contributed by atoms with Crippen molar-refractivity contribution in [3.63, 3.8) is 0 Å². The number of nitrogens with zero attached hydrogens (tertiary/aromatic N) is 1. The first-order valence-corrected chi connectivity index (χ1v) is 5.42. The first-order chi connectivity index (χ1) is 7.28. The van der Waals surface area contributed by atoms with Gasteiger partial charge in [-0.1, -0.05) is 11.6 Å². The third kappa shape index (κ3) is 2.70. The fourth-order valence-corrected chi connectivity index (χ4v) is 1.96. The SMILES string of the molecule is CC1=CCCN(Cc2cc(CN)co2)C1. The lowest BCUT2D eigenvalue weighted by molar-refractivity contribution is 0.258. The summed E-state index contributed by atoms with van der Waals surface area (Å²) in [4.78, 5) is 2.40. The molecule has 0 spiro atoms. The molecule has 0 amide bonds. The van der Waals surface area contributed by atoms with E-state index in [1.54, 1.807) is 6.26 Å². The molecule has 0 radical (unpaired) electrons. The summed E-state index contributed by atoms with van der Waals surface area (Å²) in [5, 5.41) is 0. The number of hydrogen-bond donors (Lipinski definition) is 1. The highest BCUT2D eigenvalue weighted by molar-refractivity contribution is 5.13. The van der Waals surface area contributed by atoms with Gasteiger partial charge in [0.05, 0.1) is 12.8 Å². The molecule has 0 unspecified atom stereocenters. The summed E-state index contributed by atoms with van der Waals surface area (Å²) < 4.78 is 5.45. The predicted octanol–water partition coefficient (Wildman–Crippen LogP) is 1.89. The summed E-state index contributed by atoms with van der Waals surface area (Å²) in [6.07, 6.45) is 5.21. The number of hydrogen-bond acceptors (Lipinski definition) is 3. The van der Waals surface area contributed by atoms with E-state index in [-0.39, 0.29) is 0 Å². The van der Waals surface area contributed by atoms with Gasteiger partial charge in [-0.3, -0.25) is 4.90 Å². The quantitative estimate of drug-likeness (QED) is 0.768. The van der Waals surface area contributed by atoms with Crippen molar-refractivity contribution in [1.82, 2.24) is 4.90 Å². The van der Waals surface area contributed by atoms with Gasteiger partial charge in [-0.15, -0.1) is 0 Å². The maximum absolute atomic E-state index is 5.54. The molecule has 0 aliphatic carbocycles. The summed E-state index contributed by atoms with van der Waals surface area (Å²) in [7, 11) is 0. The Balaban J connectivity index is 1.94. The summed E-state index contributed by atoms with van der Waals surface area (Å²) in [5.74, 6) is 1.02. The average molecular weight is 206 g/mol. The zero-order valence-electron chi connectivity index (χ0n) is 9.20. The predicted molar refractivity (Wildman–Crippen MR) is 60.3 cm³/mol. The summed E-state index contributed by atoms with van der Waals surface area (Å²) in [6, 6.07) is 2.05. The van der Waals surface area contributed by atoms with Crippen LogP contribution in [0.3, 0.4) is 0 Å². The van der Waals surface area contributed by atoms with Gasteiger partial charge in [-0.25, -0.2) is 0 Å². The average Bonchev–Trinajstić information content (AvgIpc) is 2.65. The fourth-order valence-electron chi connectivity index (χ4n) is 1.96. The number of nitrogens with two attached hydrogens (primary N) is 1. The van der Waals surface area contributed by atoms with Crippen LogP contribution in [0.2, 0.25) is 0 Å². The van der Waals surface area contributed by atoms with E-state index < -0.39 is 0 Å². The van der Waals surface area contributed by atoms with Gasteiger partial charge in [0.1, 0.15) is 5.76 Å². The van der Waals surface area contributed by atoms with Crippen molar-refractivity contribution in [2.24, 2.45) is 5.73 Å². The molecular weight excluding hydrogens is 188 g/mol. The monoisotopic (exact) mass is 206 g/mol.